The minimum Gasteiger partial charge on any atom is -0.506 e. The normalized spacial score (nSPS) is 22.0. The molecule has 2 heterocycles. The Morgan fingerprint density at radius 3 is 2.19 bits per heavy atom. The van der Waals surface area contributed by atoms with Crippen LogP contribution in [0.25, 0.3) is 0 Å². The van der Waals surface area contributed by atoms with Crippen molar-refractivity contribution in [3.8, 4) is 0 Å². The molecule has 0 fully saturated rings. The van der Waals surface area contributed by atoms with Gasteiger partial charge in [0.25, 0.3) is 0 Å². The quantitative estimate of drug-likeness (QED) is 0.336. The van der Waals surface area contributed by atoms with E-state index in [1.807, 2.05) is 48.6 Å². The lowest BCUT2D eigenvalue weighted by atomic mass is 9.77. The Morgan fingerprint density at radius 2 is 1.58 bits per heavy atom. The molecule has 1 aliphatic carbocycles. The zero-order valence-electron chi connectivity index (χ0n) is 21.5. The highest BCUT2D eigenvalue weighted by molar-refractivity contribution is 6.31. The van der Waals surface area contributed by atoms with Crippen molar-refractivity contribution in [2.45, 2.75) is 52.4 Å². The van der Waals surface area contributed by atoms with Gasteiger partial charge >= 0.3 is 0 Å². The van der Waals surface area contributed by atoms with Gasteiger partial charge in [-0.2, -0.15) is 4.58 Å². The van der Waals surface area contributed by atoms with Gasteiger partial charge in [0.05, 0.1) is 16.6 Å². The molecule has 2 aromatic rings. The summed E-state index contributed by atoms with van der Waals surface area (Å²) in [4.78, 5) is 15.6. The Bertz CT molecular complexity index is 1460. The van der Waals surface area contributed by atoms with Crippen molar-refractivity contribution < 1.29 is 14.5 Å². The molecule has 0 saturated carbocycles. The van der Waals surface area contributed by atoms with Crippen LogP contribution in [0.15, 0.2) is 71.2 Å². The first-order valence-corrected chi connectivity index (χ1v) is 13.1. The van der Waals surface area contributed by atoms with Gasteiger partial charge in [0.2, 0.25) is 11.5 Å². The number of allylic oxidation sites excluding steroid dienone is 5. The van der Waals surface area contributed by atoms with Crippen LogP contribution in [0, 0.1) is 0 Å². The second-order valence-electron chi connectivity index (χ2n) is 10.6. The summed E-state index contributed by atoms with van der Waals surface area (Å²) < 4.78 is 2.19. The van der Waals surface area contributed by atoms with Crippen LogP contribution in [0.5, 0.6) is 0 Å². The monoisotopic (exact) mass is 521 g/mol. The fourth-order valence-electron chi connectivity index (χ4n) is 5.88. The number of ketones is 1. The van der Waals surface area contributed by atoms with E-state index in [4.69, 9.17) is 23.2 Å². The maximum atomic E-state index is 13.4. The number of fused-ring (bicyclic) bond motifs is 2. The van der Waals surface area contributed by atoms with Crippen molar-refractivity contribution in [1.82, 2.24) is 0 Å². The molecule has 3 aliphatic rings. The molecule has 0 radical (unpaired) electrons. The molecule has 0 bridgehead atoms. The second-order valence-corrected chi connectivity index (χ2v) is 11.5. The Labute approximate surface area is 222 Å². The van der Waals surface area contributed by atoms with Crippen molar-refractivity contribution in [3.05, 3.63) is 92.3 Å². The predicted octanol–water partition coefficient (Wildman–Crippen LogP) is 7.41. The molecule has 2 aliphatic heterocycles. The lowest BCUT2D eigenvalue weighted by Crippen LogP contribution is -2.32. The summed E-state index contributed by atoms with van der Waals surface area (Å²) in [6, 6.07) is 11.8. The Balaban J connectivity index is 1.58. The van der Waals surface area contributed by atoms with Crippen LogP contribution in [0.1, 0.15) is 52.7 Å². The molecule has 0 unspecified atom stereocenters. The van der Waals surface area contributed by atoms with Crippen molar-refractivity contribution in [2.75, 3.05) is 18.0 Å². The van der Waals surface area contributed by atoms with Crippen LogP contribution in [-0.4, -0.2) is 34.3 Å². The van der Waals surface area contributed by atoms with E-state index < -0.39 is 0 Å². The average Bonchev–Trinajstić information content (AvgIpc) is 3.18. The smallest absolute Gasteiger partial charge is 0.209 e. The van der Waals surface area contributed by atoms with Crippen LogP contribution in [0.2, 0.25) is 10.0 Å². The number of aliphatic hydroxyl groups is 1. The van der Waals surface area contributed by atoms with Crippen molar-refractivity contribution >= 4 is 46.1 Å². The molecular formula is C30H31Cl2N2O2+. The SMILES string of the molecule is CCN1/C(=C\C2=C(O)C(=C\C3=[N+](CC)c4ccc(Cl)cc4C3(C)C)/C2=O)C(C)(C)c2cc(Cl)ccc21. The summed E-state index contributed by atoms with van der Waals surface area (Å²) in [5.41, 5.74) is 6.33. The van der Waals surface area contributed by atoms with Crippen molar-refractivity contribution in [1.29, 1.82) is 0 Å². The third kappa shape index (κ3) is 3.42. The van der Waals surface area contributed by atoms with Gasteiger partial charge in [-0.1, -0.05) is 37.0 Å². The third-order valence-corrected chi connectivity index (χ3v) is 8.37. The number of Topliss-reactive ketones (excluding diaryl/α,β-unsaturated/α-hetero) is 1. The maximum Gasteiger partial charge on any atom is 0.209 e. The lowest BCUT2D eigenvalue weighted by Gasteiger charge is -2.28. The zero-order valence-corrected chi connectivity index (χ0v) is 23.1. The van der Waals surface area contributed by atoms with Gasteiger partial charge in [-0.25, -0.2) is 0 Å². The summed E-state index contributed by atoms with van der Waals surface area (Å²) in [5.74, 6) is -0.101. The first-order chi connectivity index (χ1) is 16.9. The highest BCUT2D eigenvalue weighted by Crippen LogP contribution is 2.50. The number of nitrogens with zero attached hydrogens (tertiary/aromatic N) is 2. The number of carbonyl (C=O) groups excluding carboxylic acids is 1. The third-order valence-electron chi connectivity index (χ3n) is 7.90. The highest BCUT2D eigenvalue weighted by atomic mass is 35.5. The largest absolute Gasteiger partial charge is 0.506 e. The van der Waals surface area contributed by atoms with Crippen LogP contribution in [0.4, 0.5) is 11.4 Å². The van der Waals surface area contributed by atoms with Crippen molar-refractivity contribution in [3.63, 3.8) is 0 Å². The van der Waals surface area contributed by atoms with E-state index >= 15 is 0 Å². The molecule has 36 heavy (non-hydrogen) atoms. The molecule has 2 aromatic carbocycles. The molecule has 1 N–H and O–H groups in total. The number of benzene rings is 2. The molecule has 6 heteroatoms. The number of rotatable bonds is 4. The summed E-state index contributed by atoms with van der Waals surface area (Å²) >= 11 is 12.6. The van der Waals surface area contributed by atoms with Gasteiger partial charge in [0, 0.05) is 51.1 Å². The minimum absolute atomic E-state index is 0.0432. The van der Waals surface area contributed by atoms with Gasteiger partial charge in [0.15, 0.2) is 5.71 Å². The van der Waals surface area contributed by atoms with Gasteiger partial charge in [-0.05, 0) is 69.7 Å². The molecule has 0 atom stereocenters. The Morgan fingerprint density at radius 1 is 0.944 bits per heavy atom. The van der Waals surface area contributed by atoms with E-state index in [1.165, 1.54) is 0 Å². The number of hydrogen-bond acceptors (Lipinski definition) is 3. The van der Waals surface area contributed by atoms with Crippen molar-refractivity contribution in [2.24, 2.45) is 0 Å². The Hall–Kier alpha value is -2.82. The molecule has 0 spiro atoms. The molecule has 0 saturated heterocycles. The standard InChI is InChI=1S/C30H30Cl2N2O2/c1-7-33-23-11-9-17(31)13-21(23)29(3,4)25(33)15-19-27(35)20(28(19)36)16-26-30(5,6)22-14-18(32)10-12-24(22)34(26)8-2/h9-16H,7-8H2,1-6H3/p+1. The van der Waals surface area contributed by atoms with Crippen LogP contribution < -0.4 is 4.90 Å². The Kier molecular flexibility index (Phi) is 5.77. The molecule has 186 valence electrons. The van der Waals surface area contributed by atoms with E-state index in [0.29, 0.717) is 21.2 Å². The number of halogens is 2. The molecule has 4 nitrogen and oxygen atoms in total. The van der Waals surface area contributed by atoms with Gasteiger partial charge in [-0.15, -0.1) is 0 Å². The summed E-state index contributed by atoms with van der Waals surface area (Å²) in [6.07, 6.45) is 3.70. The van der Waals surface area contributed by atoms with E-state index in [1.54, 1.807) is 0 Å². The van der Waals surface area contributed by atoms with Crippen LogP contribution >= 0.6 is 23.2 Å². The molecule has 5 rings (SSSR count). The second kappa shape index (κ2) is 8.36. The maximum absolute atomic E-state index is 13.4. The van der Waals surface area contributed by atoms with Crippen LogP contribution in [0.3, 0.4) is 0 Å². The molecule has 0 amide bonds. The number of anilines is 1. The number of likely N-dealkylation sites (N-methyl/N-ethyl adjacent to an activating group) is 1. The van der Waals surface area contributed by atoms with E-state index in [9.17, 15) is 9.90 Å². The fraction of sp³-hybridized carbons (Fsp3) is 0.333. The fourth-order valence-corrected chi connectivity index (χ4v) is 6.23. The van der Waals surface area contributed by atoms with Crippen LogP contribution in [-0.2, 0) is 15.6 Å². The topological polar surface area (TPSA) is 43.5 Å². The van der Waals surface area contributed by atoms with E-state index in [2.05, 4.69) is 51.0 Å². The molecular weight excluding hydrogens is 491 g/mol. The van der Waals surface area contributed by atoms with Gasteiger partial charge in [-0.3, -0.25) is 4.79 Å². The van der Waals surface area contributed by atoms with Gasteiger partial charge < -0.3 is 10.0 Å². The minimum atomic E-state index is -0.356. The summed E-state index contributed by atoms with van der Waals surface area (Å²) in [5, 5.41) is 12.5. The summed E-state index contributed by atoms with van der Waals surface area (Å²) in [6.45, 7) is 14.1. The number of aliphatic hydroxyl groups excluding tert-OH is 1. The summed E-state index contributed by atoms with van der Waals surface area (Å²) in [7, 11) is 0. The van der Waals surface area contributed by atoms with E-state index in [-0.39, 0.29) is 22.4 Å². The van der Waals surface area contributed by atoms with Gasteiger partial charge in [0.1, 0.15) is 12.3 Å². The molecule has 0 aromatic heterocycles. The highest BCUT2D eigenvalue weighted by Gasteiger charge is 2.47. The first kappa shape index (κ1) is 24.9. The number of hydrogen-bond donors (Lipinski definition) is 1. The predicted molar refractivity (Wildman–Crippen MR) is 148 cm³/mol. The van der Waals surface area contributed by atoms with E-state index in [0.717, 1.165) is 47.0 Å². The number of carbonyl (C=O) groups is 1. The lowest BCUT2D eigenvalue weighted by molar-refractivity contribution is -0.433. The average molecular weight is 522 g/mol. The zero-order chi connectivity index (χ0) is 26.2. The first-order valence-electron chi connectivity index (χ1n) is 12.4.